The Hall–Kier alpha value is -2.62. The topological polar surface area (TPSA) is 52.6 Å². The van der Waals surface area contributed by atoms with Crippen LogP contribution < -0.4 is 0 Å². The summed E-state index contributed by atoms with van der Waals surface area (Å²) in [5, 5.41) is 0. The predicted octanol–water partition coefficient (Wildman–Crippen LogP) is 4.61. The third-order valence-corrected chi connectivity index (χ3v) is 4.75. The van der Waals surface area contributed by atoms with Gasteiger partial charge in [-0.1, -0.05) is 60.7 Å². The van der Waals surface area contributed by atoms with E-state index in [1.807, 2.05) is 74.5 Å². The molecule has 0 saturated carbocycles. The lowest BCUT2D eigenvalue weighted by molar-refractivity contribution is -0.151. The molecular formula is C24H30O4. The van der Waals surface area contributed by atoms with Crippen LogP contribution in [0.5, 0.6) is 0 Å². The summed E-state index contributed by atoms with van der Waals surface area (Å²) >= 11 is 0. The van der Waals surface area contributed by atoms with Crippen molar-refractivity contribution >= 4 is 11.9 Å². The Morgan fingerprint density at radius 2 is 1.04 bits per heavy atom. The number of rotatable bonds is 11. The van der Waals surface area contributed by atoms with Crippen molar-refractivity contribution in [2.45, 2.75) is 39.5 Å². The van der Waals surface area contributed by atoms with Gasteiger partial charge in [-0.05, 0) is 50.7 Å². The predicted molar refractivity (Wildman–Crippen MR) is 110 cm³/mol. The average Bonchev–Trinajstić information content (AvgIpc) is 2.72. The number of ether oxygens (including phenoxy) is 2. The van der Waals surface area contributed by atoms with Gasteiger partial charge in [-0.3, -0.25) is 9.59 Å². The molecule has 0 radical (unpaired) electrons. The quantitative estimate of drug-likeness (QED) is 0.533. The van der Waals surface area contributed by atoms with E-state index in [4.69, 9.17) is 9.47 Å². The Labute approximate surface area is 167 Å². The third-order valence-electron chi connectivity index (χ3n) is 4.75. The SMILES string of the molecule is CCOC(=O)C(CCC(Cc1ccccc1)C(=O)OCC)Cc1ccccc1. The van der Waals surface area contributed by atoms with Gasteiger partial charge in [-0.25, -0.2) is 0 Å². The van der Waals surface area contributed by atoms with Crippen LogP contribution in [0.1, 0.15) is 37.8 Å². The van der Waals surface area contributed by atoms with E-state index in [2.05, 4.69) is 0 Å². The summed E-state index contributed by atoms with van der Waals surface area (Å²) in [6, 6.07) is 19.8. The van der Waals surface area contributed by atoms with Crippen LogP contribution in [-0.2, 0) is 31.9 Å². The van der Waals surface area contributed by atoms with Crippen molar-refractivity contribution in [3.05, 3.63) is 71.8 Å². The van der Waals surface area contributed by atoms with Gasteiger partial charge in [-0.2, -0.15) is 0 Å². The molecular weight excluding hydrogens is 352 g/mol. The monoisotopic (exact) mass is 382 g/mol. The van der Waals surface area contributed by atoms with Crippen LogP contribution in [0, 0.1) is 11.8 Å². The summed E-state index contributed by atoms with van der Waals surface area (Å²) in [6.45, 7) is 4.34. The largest absolute Gasteiger partial charge is 0.466 e. The smallest absolute Gasteiger partial charge is 0.309 e. The standard InChI is InChI=1S/C24H30O4/c1-3-27-23(25)21(17-19-11-7-5-8-12-19)15-16-22(24(26)28-4-2)18-20-13-9-6-10-14-20/h5-14,21-22H,3-4,15-18H2,1-2H3. The van der Waals surface area contributed by atoms with Crippen molar-refractivity contribution in [2.24, 2.45) is 11.8 Å². The Bertz CT molecular complexity index is 648. The van der Waals surface area contributed by atoms with E-state index < -0.39 is 0 Å². The molecule has 0 amide bonds. The summed E-state index contributed by atoms with van der Waals surface area (Å²) in [5.41, 5.74) is 2.19. The molecule has 4 nitrogen and oxygen atoms in total. The number of benzene rings is 2. The fourth-order valence-electron chi connectivity index (χ4n) is 3.33. The lowest BCUT2D eigenvalue weighted by Gasteiger charge is -2.20. The summed E-state index contributed by atoms with van der Waals surface area (Å²) in [7, 11) is 0. The molecule has 150 valence electrons. The second-order valence-corrected chi connectivity index (χ2v) is 6.85. The fourth-order valence-corrected chi connectivity index (χ4v) is 3.33. The van der Waals surface area contributed by atoms with E-state index in [9.17, 15) is 9.59 Å². The normalized spacial score (nSPS) is 12.8. The van der Waals surface area contributed by atoms with Crippen LogP contribution in [0.4, 0.5) is 0 Å². The highest BCUT2D eigenvalue weighted by Crippen LogP contribution is 2.23. The molecule has 0 aromatic heterocycles. The van der Waals surface area contributed by atoms with Gasteiger partial charge >= 0.3 is 11.9 Å². The van der Waals surface area contributed by atoms with Crippen LogP contribution in [0.2, 0.25) is 0 Å². The van der Waals surface area contributed by atoms with Gasteiger partial charge in [0.1, 0.15) is 0 Å². The van der Waals surface area contributed by atoms with Gasteiger partial charge < -0.3 is 9.47 Å². The van der Waals surface area contributed by atoms with Crippen molar-refractivity contribution in [1.82, 2.24) is 0 Å². The minimum atomic E-state index is -0.268. The number of carbonyl (C=O) groups is 2. The summed E-state index contributed by atoms with van der Waals surface area (Å²) < 4.78 is 10.6. The van der Waals surface area contributed by atoms with Crippen molar-refractivity contribution in [3.8, 4) is 0 Å². The first-order valence-electron chi connectivity index (χ1n) is 10.0. The van der Waals surface area contributed by atoms with E-state index in [0.717, 1.165) is 11.1 Å². The molecule has 0 aliphatic heterocycles. The van der Waals surface area contributed by atoms with Gasteiger partial charge in [-0.15, -0.1) is 0 Å². The molecule has 0 aliphatic rings. The number of hydrogen-bond donors (Lipinski definition) is 0. The summed E-state index contributed by atoms with van der Waals surface area (Å²) in [6.07, 6.45) is 2.40. The van der Waals surface area contributed by atoms with Crippen molar-refractivity contribution < 1.29 is 19.1 Å². The zero-order valence-corrected chi connectivity index (χ0v) is 16.8. The van der Waals surface area contributed by atoms with Crippen LogP contribution in [-0.4, -0.2) is 25.2 Å². The van der Waals surface area contributed by atoms with E-state index in [1.165, 1.54) is 0 Å². The maximum atomic E-state index is 12.5. The highest BCUT2D eigenvalue weighted by atomic mass is 16.5. The minimum Gasteiger partial charge on any atom is -0.466 e. The molecule has 0 saturated heterocycles. The van der Waals surface area contributed by atoms with Gasteiger partial charge in [0.15, 0.2) is 0 Å². The molecule has 2 aromatic rings. The van der Waals surface area contributed by atoms with E-state index >= 15 is 0 Å². The molecule has 0 spiro atoms. The minimum absolute atomic E-state index is 0.200. The van der Waals surface area contributed by atoms with Gasteiger partial charge in [0, 0.05) is 0 Å². The van der Waals surface area contributed by atoms with Crippen LogP contribution in [0.3, 0.4) is 0 Å². The molecule has 2 unspecified atom stereocenters. The first kappa shape index (κ1) is 21.7. The maximum absolute atomic E-state index is 12.5. The number of hydrogen-bond acceptors (Lipinski definition) is 4. The second kappa shape index (κ2) is 12.0. The first-order valence-corrected chi connectivity index (χ1v) is 10.0. The molecule has 0 bridgehead atoms. The van der Waals surface area contributed by atoms with Crippen LogP contribution in [0.15, 0.2) is 60.7 Å². The summed E-state index contributed by atoms with van der Waals surface area (Å²) in [5.74, 6) is -0.938. The number of carbonyl (C=O) groups excluding carboxylic acids is 2. The van der Waals surface area contributed by atoms with Crippen molar-refractivity contribution in [2.75, 3.05) is 13.2 Å². The molecule has 2 atom stereocenters. The second-order valence-electron chi connectivity index (χ2n) is 6.85. The van der Waals surface area contributed by atoms with Gasteiger partial charge in [0.2, 0.25) is 0 Å². The average molecular weight is 383 g/mol. The Morgan fingerprint density at radius 3 is 1.36 bits per heavy atom. The fraction of sp³-hybridized carbons (Fsp3) is 0.417. The molecule has 0 N–H and O–H groups in total. The molecule has 0 aliphatic carbocycles. The van der Waals surface area contributed by atoms with E-state index in [0.29, 0.717) is 38.9 Å². The van der Waals surface area contributed by atoms with Crippen molar-refractivity contribution in [3.63, 3.8) is 0 Å². The Morgan fingerprint density at radius 1 is 0.679 bits per heavy atom. The first-order chi connectivity index (χ1) is 13.6. The number of esters is 2. The Kier molecular flexibility index (Phi) is 9.26. The molecule has 0 heterocycles. The van der Waals surface area contributed by atoms with Crippen molar-refractivity contribution in [1.29, 1.82) is 0 Å². The zero-order chi connectivity index (χ0) is 20.2. The highest BCUT2D eigenvalue weighted by molar-refractivity contribution is 5.74. The van der Waals surface area contributed by atoms with E-state index in [-0.39, 0.29) is 23.8 Å². The van der Waals surface area contributed by atoms with Crippen LogP contribution in [0.25, 0.3) is 0 Å². The lowest BCUT2D eigenvalue weighted by Crippen LogP contribution is -2.25. The maximum Gasteiger partial charge on any atom is 0.309 e. The van der Waals surface area contributed by atoms with Gasteiger partial charge in [0.25, 0.3) is 0 Å². The molecule has 28 heavy (non-hydrogen) atoms. The molecule has 0 fully saturated rings. The molecule has 2 aromatic carbocycles. The lowest BCUT2D eigenvalue weighted by atomic mass is 9.88. The third kappa shape index (κ3) is 7.18. The molecule has 4 heteroatoms. The molecule has 2 rings (SSSR count). The summed E-state index contributed by atoms with van der Waals surface area (Å²) in [4.78, 5) is 25.0. The van der Waals surface area contributed by atoms with Gasteiger partial charge in [0.05, 0.1) is 25.0 Å². The Balaban J connectivity index is 2.07. The van der Waals surface area contributed by atoms with E-state index in [1.54, 1.807) is 0 Å². The zero-order valence-electron chi connectivity index (χ0n) is 16.8. The highest BCUT2D eigenvalue weighted by Gasteiger charge is 2.26. The van der Waals surface area contributed by atoms with Crippen LogP contribution >= 0.6 is 0 Å².